The molecule has 0 aliphatic carbocycles. The minimum absolute atomic E-state index is 0.0694. The van der Waals surface area contributed by atoms with Crippen LogP contribution in [0.4, 0.5) is 0 Å². The van der Waals surface area contributed by atoms with Gasteiger partial charge in [-0.25, -0.2) is 0 Å². The lowest BCUT2D eigenvalue weighted by Gasteiger charge is -2.01. The fourth-order valence-corrected chi connectivity index (χ4v) is 0.136. The lowest BCUT2D eigenvalue weighted by Crippen LogP contribution is -2.00. The SMILES string of the molecule is [2H]C(C)C(C)OC. The van der Waals surface area contributed by atoms with Gasteiger partial charge >= 0.3 is 0 Å². The van der Waals surface area contributed by atoms with Gasteiger partial charge in [0.2, 0.25) is 0 Å². The molecule has 0 amide bonds. The van der Waals surface area contributed by atoms with Gasteiger partial charge in [0.1, 0.15) is 0 Å². The van der Waals surface area contributed by atoms with Gasteiger partial charge in [-0.2, -0.15) is 0 Å². The van der Waals surface area contributed by atoms with Crippen LogP contribution in [0, 0.1) is 0 Å². The maximum absolute atomic E-state index is 7.06. The molecule has 38 valence electrons. The average molecular weight is 89.2 g/mol. The number of ether oxygens (including phenoxy) is 1. The predicted molar refractivity (Wildman–Crippen MR) is 26.8 cm³/mol. The maximum Gasteiger partial charge on any atom is 0.0540 e. The lowest BCUT2D eigenvalue weighted by atomic mass is 10.3. The van der Waals surface area contributed by atoms with Crippen molar-refractivity contribution in [1.29, 1.82) is 0 Å². The maximum atomic E-state index is 7.06. The predicted octanol–water partition coefficient (Wildman–Crippen LogP) is 1.43. The van der Waals surface area contributed by atoms with Crippen LogP contribution < -0.4 is 0 Å². The highest BCUT2D eigenvalue weighted by Gasteiger charge is 1.88. The summed E-state index contributed by atoms with van der Waals surface area (Å²) < 4.78 is 11.9. The Labute approximate surface area is 40.7 Å². The first-order valence-corrected chi connectivity index (χ1v) is 2.13. The molecule has 0 heterocycles. The number of hydrogen-bond donors (Lipinski definition) is 0. The van der Waals surface area contributed by atoms with Gasteiger partial charge < -0.3 is 4.74 Å². The van der Waals surface area contributed by atoms with Crippen LogP contribution in [-0.4, -0.2) is 13.2 Å². The van der Waals surface area contributed by atoms with Crippen LogP contribution in [-0.2, 0) is 4.74 Å². The Morgan fingerprint density at radius 2 is 2.50 bits per heavy atom. The summed E-state index contributed by atoms with van der Waals surface area (Å²) in [7, 11) is 1.62. The van der Waals surface area contributed by atoms with E-state index < -0.39 is 0 Å². The highest BCUT2D eigenvalue weighted by atomic mass is 16.5. The Kier molecular flexibility index (Phi) is 2.18. The van der Waals surface area contributed by atoms with Gasteiger partial charge in [0.15, 0.2) is 0 Å². The van der Waals surface area contributed by atoms with Gasteiger partial charge in [0.05, 0.1) is 6.10 Å². The molecule has 2 atom stereocenters. The van der Waals surface area contributed by atoms with Crippen molar-refractivity contribution in [2.45, 2.75) is 26.3 Å². The first kappa shape index (κ1) is 4.13. The van der Waals surface area contributed by atoms with Gasteiger partial charge in [-0.05, 0) is 13.3 Å². The van der Waals surface area contributed by atoms with E-state index in [1.807, 2.05) is 13.8 Å². The molecule has 0 fully saturated rings. The number of hydrogen-bond acceptors (Lipinski definition) is 1. The van der Waals surface area contributed by atoms with E-state index in [1.54, 1.807) is 7.11 Å². The Hall–Kier alpha value is -0.0400. The van der Waals surface area contributed by atoms with E-state index in [4.69, 9.17) is 6.11 Å². The Bertz CT molecular complexity index is 45.3. The fourth-order valence-electron chi connectivity index (χ4n) is 0.136. The number of methoxy groups -OCH3 is 1. The summed E-state index contributed by atoms with van der Waals surface area (Å²) in [5, 5.41) is 0. The van der Waals surface area contributed by atoms with E-state index in [1.165, 1.54) is 0 Å². The second kappa shape index (κ2) is 3.16. The van der Waals surface area contributed by atoms with E-state index in [-0.39, 0.29) is 12.5 Å². The van der Waals surface area contributed by atoms with Crippen molar-refractivity contribution >= 4 is 0 Å². The third-order valence-corrected chi connectivity index (χ3v) is 0.841. The molecular weight excluding hydrogens is 76.1 g/mol. The van der Waals surface area contributed by atoms with E-state index in [0.29, 0.717) is 0 Å². The zero-order valence-corrected chi connectivity index (χ0v) is 4.56. The molecule has 0 rings (SSSR count). The van der Waals surface area contributed by atoms with Gasteiger partial charge in [-0.15, -0.1) is 0 Å². The van der Waals surface area contributed by atoms with Crippen LogP contribution >= 0.6 is 0 Å². The topological polar surface area (TPSA) is 9.23 Å². The summed E-state index contributed by atoms with van der Waals surface area (Å²) in [4.78, 5) is 0. The molecule has 2 unspecified atom stereocenters. The van der Waals surface area contributed by atoms with Crippen molar-refractivity contribution < 1.29 is 6.11 Å². The molecule has 0 saturated carbocycles. The third kappa shape index (κ3) is 2.21. The standard InChI is InChI=1S/C5H12O/c1-4-5(2)6-3/h5H,4H2,1-3H3/i4D. The molecule has 0 spiro atoms. The van der Waals surface area contributed by atoms with E-state index >= 15 is 0 Å². The normalized spacial score (nSPS) is 22.2. The molecule has 0 N–H and O–H groups in total. The molecule has 0 bridgehead atoms. The molecule has 1 heteroatoms. The van der Waals surface area contributed by atoms with Crippen LogP contribution in [0.5, 0.6) is 0 Å². The van der Waals surface area contributed by atoms with E-state index in [0.717, 1.165) is 0 Å². The Balaban J connectivity index is 3.14. The van der Waals surface area contributed by atoms with E-state index in [2.05, 4.69) is 0 Å². The first-order chi connectivity index (χ1) is 3.18. The second-order valence-electron chi connectivity index (χ2n) is 1.27. The molecule has 0 aromatic carbocycles. The second-order valence-corrected chi connectivity index (χ2v) is 1.27. The van der Waals surface area contributed by atoms with Crippen molar-refractivity contribution in [3.05, 3.63) is 0 Å². The minimum Gasteiger partial charge on any atom is -0.382 e. The van der Waals surface area contributed by atoms with Crippen molar-refractivity contribution in [3.63, 3.8) is 0 Å². The molecular formula is C5H12O. The molecule has 1 nitrogen and oxygen atoms in total. The van der Waals surface area contributed by atoms with Gasteiger partial charge in [0, 0.05) is 8.48 Å². The van der Waals surface area contributed by atoms with Crippen LogP contribution in [0.1, 0.15) is 21.6 Å². The molecule has 0 aliphatic rings. The van der Waals surface area contributed by atoms with Crippen LogP contribution in [0.3, 0.4) is 0 Å². The molecule has 0 aliphatic heterocycles. The zero-order chi connectivity index (χ0) is 5.86. The third-order valence-electron chi connectivity index (χ3n) is 0.841. The molecule has 6 heavy (non-hydrogen) atoms. The van der Waals surface area contributed by atoms with Crippen LogP contribution in [0.2, 0.25) is 0 Å². The summed E-state index contributed by atoms with van der Waals surface area (Å²) in [5.74, 6) is 0. The molecule has 0 aromatic rings. The quantitative estimate of drug-likeness (QED) is 0.497. The van der Waals surface area contributed by atoms with Gasteiger partial charge in [-0.1, -0.05) is 6.92 Å². The van der Waals surface area contributed by atoms with Crippen molar-refractivity contribution in [2.24, 2.45) is 0 Å². The first-order valence-electron chi connectivity index (χ1n) is 2.71. The highest BCUT2D eigenvalue weighted by molar-refractivity contribution is 4.38. The molecule has 0 aromatic heterocycles. The summed E-state index contributed by atoms with van der Waals surface area (Å²) in [6.45, 7) is 3.70. The van der Waals surface area contributed by atoms with Crippen molar-refractivity contribution in [3.8, 4) is 0 Å². The van der Waals surface area contributed by atoms with Gasteiger partial charge in [-0.3, -0.25) is 0 Å². The minimum atomic E-state index is -0.106. The van der Waals surface area contributed by atoms with Crippen LogP contribution in [0.15, 0.2) is 0 Å². The monoisotopic (exact) mass is 89.1 g/mol. The summed E-state index contributed by atoms with van der Waals surface area (Å²) in [6.07, 6.45) is -0.0370. The Morgan fingerprint density at radius 3 is 2.50 bits per heavy atom. The summed E-state index contributed by atoms with van der Waals surface area (Å²) in [5.41, 5.74) is 0. The van der Waals surface area contributed by atoms with Gasteiger partial charge in [0.25, 0.3) is 0 Å². The largest absolute Gasteiger partial charge is 0.382 e. The average Bonchev–Trinajstić information content (AvgIpc) is 1.65. The van der Waals surface area contributed by atoms with Crippen molar-refractivity contribution in [2.75, 3.05) is 7.11 Å². The smallest absolute Gasteiger partial charge is 0.0540 e. The highest BCUT2D eigenvalue weighted by Crippen LogP contribution is 1.89. The zero-order valence-electron chi connectivity index (χ0n) is 5.56. The molecule has 0 saturated heterocycles. The Morgan fingerprint density at radius 1 is 2.00 bits per heavy atom. The van der Waals surface area contributed by atoms with E-state index in [9.17, 15) is 0 Å². The van der Waals surface area contributed by atoms with Crippen molar-refractivity contribution in [1.82, 2.24) is 0 Å². The van der Waals surface area contributed by atoms with Crippen LogP contribution in [0.25, 0.3) is 0 Å². The number of rotatable bonds is 2. The lowest BCUT2D eigenvalue weighted by molar-refractivity contribution is 0.115. The summed E-state index contributed by atoms with van der Waals surface area (Å²) >= 11 is 0. The fraction of sp³-hybridized carbons (Fsp3) is 1.00. The molecule has 0 radical (unpaired) electrons. The summed E-state index contributed by atoms with van der Waals surface area (Å²) in [6, 6.07) is 0.